The smallest absolute Gasteiger partial charge is 0.260 e. The van der Waals surface area contributed by atoms with Crippen LogP contribution in [-0.4, -0.2) is 61.4 Å². The summed E-state index contributed by atoms with van der Waals surface area (Å²) in [4.78, 5) is 28.7. The predicted octanol–water partition coefficient (Wildman–Crippen LogP) is 4.21. The minimum absolute atomic E-state index is 0.0527. The van der Waals surface area contributed by atoms with Gasteiger partial charge in [0, 0.05) is 31.7 Å². The van der Waals surface area contributed by atoms with Crippen LogP contribution in [0.5, 0.6) is 11.5 Å². The number of piperazine rings is 1. The van der Waals surface area contributed by atoms with Crippen molar-refractivity contribution in [2.24, 2.45) is 0 Å². The second kappa shape index (κ2) is 11.0. The average Bonchev–Trinajstić information content (AvgIpc) is 2.89. The molecule has 176 valence electrons. The third-order valence-electron chi connectivity index (χ3n) is 6.18. The molecule has 0 bridgehead atoms. The number of methoxy groups -OCH3 is 1. The number of rotatable bonds is 8. The van der Waals surface area contributed by atoms with Crippen LogP contribution in [-0.2, 0) is 4.79 Å². The first-order chi connectivity index (χ1) is 16.6. The van der Waals surface area contributed by atoms with Crippen LogP contribution in [0.4, 0.5) is 0 Å². The van der Waals surface area contributed by atoms with Crippen molar-refractivity contribution in [2.75, 3.05) is 39.9 Å². The number of Topliss-reactive ketones (excluding diaryl/α,β-unsaturated/α-hetero) is 1. The molecule has 4 rings (SSSR count). The van der Waals surface area contributed by atoms with Crippen molar-refractivity contribution >= 4 is 11.7 Å². The number of hydrogen-bond donors (Lipinski definition) is 0. The van der Waals surface area contributed by atoms with E-state index in [0.717, 1.165) is 13.1 Å². The molecule has 1 aliphatic heterocycles. The van der Waals surface area contributed by atoms with Crippen LogP contribution in [0.2, 0.25) is 0 Å². The van der Waals surface area contributed by atoms with Gasteiger partial charge in [-0.05, 0) is 36.2 Å². The van der Waals surface area contributed by atoms with Crippen molar-refractivity contribution in [1.82, 2.24) is 9.80 Å². The van der Waals surface area contributed by atoms with Crippen LogP contribution >= 0.6 is 0 Å². The molecule has 6 heteroatoms. The van der Waals surface area contributed by atoms with Gasteiger partial charge in [0.25, 0.3) is 5.91 Å². The van der Waals surface area contributed by atoms with Crippen LogP contribution in [0.3, 0.4) is 0 Å². The summed E-state index contributed by atoms with van der Waals surface area (Å²) in [6.45, 7) is 4.25. The van der Waals surface area contributed by atoms with Gasteiger partial charge in [0.05, 0.1) is 13.2 Å². The number of hydrogen-bond acceptors (Lipinski definition) is 5. The molecule has 0 saturated carbocycles. The van der Waals surface area contributed by atoms with Gasteiger partial charge in [-0.2, -0.15) is 0 Å². The van der Waals surface area contributed by atoms with Crippen molar-refractivity contribution in [3.8, 4) is 11.5 Å². The maximum absolute atomic E-state index is 12.9. The molecule has 3 aromatic rings. The number of nitrogens with zero attached hydrogens (tertiary/aromatic N) is 2. The molecular weight excluding hydrogens is 428 g/mol. The van der Waals surface area contributed by atoms with Gasteiger partial charge in [-0.15, -0.1) is 0 Å². The van der Waals surface area contributed by atoms with E-state index in [2.05, 4.69) is 53.4 Å². The lowest BCUT2D eigenvalue weighted by Gasteiger charge is -2.39. The molecule has 1 saturated heterocycles. The Morgan fingerprint density at radius 1 is 0.824 bits per heavy atom. The Morgan fingerprint density at radius 3 is 1.94 bits per heavy atom. The van der Waals surface area contributed by atoms with Gasteiger partial charge >= 0.3 is 0 Å². The number of carbonyl (C=O) groups is 2. The predicted molar refractivity (Wildman–Crippen MR) is 131 cm³/mol. The Bertz CT molecular complexity index is 1070. The van der Waals surface area contributed by atoms with Gasteiger partial charge < -0.3 is 14.4 Å². The zero-order valence-electron chi connectivity index (χ0n) is 19.6. The fourth-order valence-electron chi connectivity index (χ4n) is 4.35. The molecule has 0 spiro atoms. The highest BCUT2D eigenvalue weighted by Crippen LogP contribution is 2.30. The summed E-state index contributed by atoms with van der Waals surface area (Å²) in [5.41, 5.74) is 3.04. The van der Waals surface area contributed by atoms with E-state index < -0.39 is 0 Å². The Morgan fingerprint density at radius 2 is 1.41 bits per heavy atom. The number of amides is 1. The van der Waals surface area contributed by atoms with Gasteiger partial charge in [-0.25, -0.2) is 0 Å². The summed E-state index contributed by atoms with van der Waals surface area (Å²) in [5, 5.41) is 0. The zero-order valence-corrected chi connectivity index (χ0v) is 19.6. The van der Waals surface area contributed by atoms with Crippen molar-refractivity contribution in [3.63, 3.8) is 0 Å². The van der Waals surface area contributed by atoms with Gasteiger partial charge in [0.15, 0.2) is 23.9 Å². The standard InChI is InChI=1S/C28H30N2O4/c1-21(31)24-13-14-25(26(19-24)33-2)34-20-27(32)29-15-17-30(18-16-29)28(22-9-5-3-6-10-22)23-11-7-4-8-12-23/h3-14,19,28H,15-18,20H2,1-2H3. The van der Waals surface area contributed by atoms with Crippen molar-refractivity contribution in [2.45, 2.75) is 13.0 Å². The van der Waals surface area contributed by atoms with E-state index in [1.165, 1.54) is 25.2 Å². The first-order valence-corrected chi connectivity index (χ1v) is 11.5. The Balaban J connectivity index is 1.38. The first kappa shape index (κ1) is 23.5. The second-order valence-electron chi connectivity index (χ2n) is 8.35. The molecule has 0 aromatic heterocycles. The van der Waals surface area contributed by atoms with Gasteiger partial charge in [0.2, 0.25) is 0 Å². The lowest BCUT2D eigenvalue weighted by Crippen LogP contribution is -2.51. The van der Waals surface area contributed by atoms with E-state index >= 15 is 0 Å². The largest absolute Gasteiger partial charge is 0.493 e. The van der Waals surface area contributed by atoms with Crippen LogP contribution in [0.1, 0.15) is 34.5 Å². The van der Waals surface area contributed by atoms with E-state index in [1.807, 2.05) is 17.0 Å². The summed E-state index contributed by atoms with van der Waals surface area (Å²) >= 11 is 0. The molecule has 0 N–H and O–H groups in total. The van der Waals surface area contributed by atoms with Crippen molar-refractivity contribution in [1.29, 1.82) is 0 Å². The quantitative estimate of drug-likeness (QED) is 0.474. The molecule has 1 fully saturated rings. The van der Waals surface area contributed by atoms with E-state index in [4.69, 9.17) is 9.47 Å². The number of ether oxygens (including phenoxy) is 2. The maximum atomic E-state index is 12.9. The lowest BCUT2D eigenvalue weighted by molar-refractivity contribution is -0.135. The Kier molecular flexibility index (Phi) is 7.60. The lowest BCUT2D eigenvalue weighted by atomic mass is 9.96. The average molecular weight is 459 g/mol. The van der Waals surface area contributed by atoms with E-state index in [0.29, 0.717) is 30.2 Å². The summed E-state index contributed by atoms with van der Waals surface area (Å²) in [6.07, 6.45) is 0. The molecule has 1 heterocycles. The molecule has 1 aliphatic rings. The third kappa shape index (κ3) is 5.46. The number of ketones is 1. The monoisotopic (exact) mass is 458 g/mol. The molecule has 1 amide bonds. The minimum Gasteiger partial charge on any atom is -0.493 e. The molecule has 0 atom stereocenters. The van der Waals surface area contributed by atoms with E-state index in [-0.39, 0.29) is 24.3 Å². The summed E-state index contributed by atoms with van der Waals surface area (Å²) in [6, 6.07) is 26.1. The van der Waals surface area contributed by atoms with Crippen molar-refractivity contribution in [3.05, 3.63) is 95.6 Å². The summed E-state index contributed by atoms with van der Waals surface area (Å²) in [5.74, 6) is 0.781. The highest BCUT2D eigenvalue weighted by molar-refractivity contribution is 5.94. The SMILES string of the molecule is COc1cc(C(C)=O)ccc1OCC(=O)N1CCN(C(c2ccccc2)c2ccccc2)CC1. The second-order valence-corrected chi connectivity index (χ2v) is 8.35. The topological polar surface area (TPSA) is 59.1 Å². The molecule has 34 heavy (non-hydrogen) atoms. The van der Waals surface area contributed by atoms with Crippen LogP contribution in [0.15, 0.2) is 78.9 Å². The fourth-order valence-corrected chi connectivity index (χ4v) is 4.35. The highest BCUT2D eigenvalue weighted by atomic mass is 16.5. The Labute approximate surface area is 200 Å². The summed E-state index contributed by atoms with van der Waals surface area (Å²) in [7, 11) is 1.52. The number of benzene rings is 3. The molecule has 3 aromatic carbocycles. The van der Waals surface area contributed by atoms with Gasteiger partial charge in [-0.3, -0.25) is 14.5 Å². The van der Waals surface area contributed by atoms with Gasteiger partial charge in [-0.1, -0.05) is 60.7 Å². The molecular formula is C28H30N2O4. The Hall–Kier alpha value is -3.64. The van der Waals surface area contributed by atoms with E-state index in [9.17, 15) is 9.59 Å². The summed E-state index contributed by atoms with van der Waals surface area (Å²) < 4.78 is 11.1. The molecule has 0 aliphatic carbocycles. The van der Waals surface area contributed by atoms with Gasteiger partial charge in [0.1, 0.15) is 0 Å². The normalized spacial score (nSPS) is 14.1. The van der Waals surface area contributed by atoms with Crippen molar-refractivity contribution < 1.29 is 19.1 Å². The maximum Gasteiger partial charge on any atom is 0.260 e. The third-order valence-corrected chi connectivity index (χ3v) is 6.18. The molecule has 0 radical (unpaired) electrons. The van der Waals surface area contributed by atoms with Crippen LogP contribution < -0.4 is 9.47 Å². The highest BCUT2D eigenvalue weighted by Gasteiger charge is 2.28. The molecule has 6 nitrogen and oxygen atoms in total. The van der Waals surface area contributed by atoms with Crippen LogP contribution in [0.25, 0.3) is 0 Å². The first-order valence-electron chi connectivity index (χ1n) is 11.5. The minimum atomic E-state index is -0.0728. The van der Waals surface area contributed by atoms with E-state index in [1.54, 1.807) is 18.2 Å². The number of carbonyl (C=O) groups excluding carboxylic acids is 2. The van der Waals surface area contributed by atoms with Crippen LogP contribution in [0, 0.1) is 0 Å². The fraction of sp³-hybridized carbons (Fsp3) is 0.286. The molecule has 0 unspecified atom stereocenters. The zero-order chi connectivity index (χ0) is 23.9.